The average molecular weight is 460 g/mol. The third-order valence-electron chi connectivity index (χ3n) is 6.80. The minimum atomic E-state index is -0.122. The molecular weight excluding hydrogens is 426 g/mol. The second-order valence-corrected chi connectivity index (χ2v) is 9.35. The Morgan fingerprint density at radius 2 is 1.91 bits per heavy atom. The fourth-order valence-electron chi connectivity index (χ4n) is 4.65. The molecule has 3 heterocycles. The van der Waals surface area contributed by atoms with Gasteiger partial charge in [-0.1, -0.05) is 49.2 Å². The van der Waals surface area contributed by atoms with Gasteiger partial charge in [-0.25, -0.2) is 0 Å². The minimum absolute atomic E-state index is 0.0784. The highest BCUT2D eigenvalue weighted by atomic mass is 35.5. The lowest BCUT2D eigenvalue weighted by Crippen LogP contribution is -2.40. The summed E-state index contributed by atoms with van der Waals surface area (Å²) in [5.41, 5.74) is 2.78. The molecule has 1 aromatic heterocycles. The zero-order valence-corrected chi connectivity index (χ0v) is 19.7. The first-order valence-electron chi connectivity index (χ1n) is 11.9. The summed E-state index contributed by atoms with van der Waals surface area (Å²) in [5.74, 6) is 0. The summed E-state index contributed by atoms with van der Waals surface area (Å²) in [7, 11) is 0. The number of hydrogen-bond donors (Lipinski definition) is 0. The summed E-state index contributed by atoms with van der Waals surface area (Å²) in [5, 5.41) is 0.287. The highest BCUT2D eigenvalue weighted by molar-refractivity contribution is 6.33. The molecule has 32 heavy (non-hydrogen) atoms. The number of hydrogen-bond acceptors (Lipinski definition) is 4. The van der Waals surface area contributed by atoms with Crippen LogP contribution in [0.4, 0.5) is 0 Å². The van der Waals surface area contributed by atoms with Gasteiger partial charge in [-0.3, -0.25) is 4.79 Å². The monoisotopic (exact) mass is 459 g/mol. The smallest absolute Gasteiger partial charge is 0.269 e. The molecule has 0 radical (unpaired) electrons. The second-order valence-electron chi connectivity index (χ2n) is 8.97. The zero-order chi connectivity index (χ0) is 22.4. The molecule has 0 aliphatic carbocycles. The molecule has 2 saturated heterocycles. The number of halogens is 1. The van der Waals surface area contributed by atoms with Crippen LogP contribution in [0.5, 0.6) is 0 Å². The number of rotatable bonds is 8. The van der Waals surface area contributed by atoms with E-state index in [4.69, 9.17) is 25.8 Å². The Bertz CT molecular complexity index is 928. The van der Waals surface area contributed by atoms with Gasteiger partial charge in [0.15, 0.2) is 6.29 Å². The van der Waals surface area contributed by atoms with Gasteiger partial charge in [-0.2, -0.15) is 0 Å². The molecule has 2 aliphatic rings. The van der Waals surface area contributed by atoms with Crippen molar-refractivity contribution in [3.8, 4) is 11.1 Å². The molecule has 1 aromatic carbocycles. The average Bonchev–Trinajstić information content (AvgIpc) is 2.85. The normalized spacial score (nSPS) is 20.9. The van der Waals surface area contributed by atoms with E-state index < -0.39 is 0 Å². The number of nitrogens with zero attached hydrogens (tertiary/aromatic N) is 1. The first-order valence-corrected chi connectivity index (χ1v) is 12.3. The van der Waals surface area contributed by atoms with Crippen LogP contribution in [0.25, 0.3) is 11.1 Å². The van der Waals surface area contributed by atoms with E-state index in [0.717, 1.165) is 75.9 Å². The molecule has 5 nitrogen and oxygen atoms in total. The molecular formula is C26H34ClNO4. The Labute approximate surface area is 195 Å². The molecule has 2 aliphatic heterocycles. The van der Waals surface area contributed by atoms with Crippen LogP contribution in [-0.4, -0.2) is 37.3 Å². The predicted molar refractivity (Wildman–Crippen MR) is 127 cm³/mol. The first kappa shape index (κ1) is 23.5. The molecule has 0 saturated carbocycles. The number of aromatic nitrogens is 1. The van der Waals surface area contributed by atoms with E-state index in [2.05, 4.69) is 31.2 Å². The Morgan fingerprint density at radius 1 is 1.12 bits per heavy atom. The van der Waals surface area contributed by atoms with E-state index >= 15 is 0 Å². The van der Waals surface area contributed by atoms with Crippen LogP contribution in [0.3, 0.4) is 0 Å². The van der Waals surface area contributed by atoms with Crippen molar-refractivity contribution in [3.05, 3.63) is 57.5 Å². The van der Waals surface area contributed by atoms with Gasteiger partial charge < -0.3 is 18.8 Å². The number of unbranched alkanes of at least 4 members (excludes halogenated alkanes) is 1. The second kappa shape index (κ2) is 11.0. The van der Waals surface area contributed by atoms with Crippen molar-refractivity contribution in [2.45, 2.75) is 70.1 Å². The van der Waals surface area contributed by atoms with Crippen molar-refractivity contribution in [1.82, 2.24) is 4.57 Å². The standard InChI is InChI=1S/C26H34ClNO4/c1-2-3-14-28-15-11-22(24(27)25(28)29)20-7-9-21(10-8-20)26(12-17-30-18-13-26)19-32-23-6-4-5-16-31-23/h7-11,15,23H,2-6,12-14,16-19H2,1H3. The molecule has 2 fully saturated rings. The predicted octanol–water partition coefficient (Wildman–Crippen LogP) is 5.56. The Hall–Kier alpha value is -1.66. The Morgan fingerprint density at radius 3 is 2.59 bits per heavy atom. The highest BCUT2D eigenvalue weighted by Gasteiger charge is 2.36. The maximum absolute atomic E-state index is 12.7. The van der Waals surface area contributed by atoms with Crippen LogP contribution in [0.2, 0.25) is 5.02 Å². The quantitative estimate of drug-likeness (QED) is 0.518. The summed E-state index contributed by atoms with van der Waals surface area (Å²) in [6.07, 6.45) is 8.85. The van der Waals surface area contributed by atoms with Gasteiger partial charge in [-0.15, -0.1) is 0 Å². The van der Waals surface area contributed by atoms with E-state index in [1.807, 2.05) is 12.3 Å². The highest BCUT2D eigenvalue weighted by Crippen LogP contribution is 2.37. The van der Waals surface area contributed by atoms with Gasteiger partial charge in [-0.05, 0) is 55.7 Å². The number of pyridine rings is 1. The Balaban J connectivity index is 1.54. The number of benzene rings is 1. The van der Waals surface area contributed by atoms with E-state index in [-0.39, 0.29) is 22.3 Å². The summed E-state index contributed by atoms with van der Waals surface area (Å²) >= 11 is 6.48. The van der Waals surface area contributed by atoms with Crippen molar-refractivity contribution < 1.29 is 14.2 Å². The van der Waals surface area contributed by atoms with Gasteiger partial charge in [0.1, 0.15) is 5.02 Å². The first-order chi connectivity index (χ1) is 15.6. The van der Waals surface area contributed by atoms with E-state index in [1.54, 1.807) is 4.57 Å². The van der Waals surface area contributed by atoms with Crippen LogP contribution in [0.15, 0.2) is 41.3 Å². The zero-order valence-electron chi connectivity index (χ0n) is 19.0. The van der Waals surface area contributed by atoms with Gasteiger partial charge in [0, 0.05) is 43.5 Å². The maximum Gasteiger partial charge on any atom is 0.269 e. The number of ether oxygens (including phenoxy) is 3. The molecule has 0 amide bonds. The summed E-state index contributed by atoms with van der Waals surface area (Å²) in [6.45, 7) is 5.70. The maximum atomic E-state index is 12.7. The summed E-state index contributed by atoms with van der Waals surface area (Å²) in [6, 6.07) is 10.4. The van der Waals surface area contributed by atoms with Crippen molar-refractivity contribution in [2.24, 2.45) is 0 Å². The molecule has 174 valence electrons. The van der Waals surface area contributed by atoms with Crippen LogP contribution < -0.4 is 5.56 Å². The van der Waals surface area contributed by atoms with Gasteiger partial charge in [0.2, 0.25) is 0 Å². The number of aryl methyl sites for hydroxylation is 1. The third-order valence-corrected chi connectivity index (χ3v) is 7.17. The van der Waals surface area contributed by atoms with Crippen molar-refractivity contribution in [2.75, 3.05) is 26.4 Å². The molecule has 2 aromatic rings. The van der Waals surface area contributed by atoms with Crippen LogP contribution in [0, 0.1) is 0 Å². The minimum Gasteiger partial charge on any atom is -0.381 e. The molecule has 1 unspecified atom stereocenters. The van der Waals surface area contributed by atoms with Gasteiger partial charge in [0.25, 0.3) is 5.56 Å². The van der Waals surface area contributed by atoms with Crippen molar-refractivity contribution >= 4 is 11.6 Å². The SMILES string of the molecule is CCCCn1ccc(-c2ccc(C3(COC4CCCCO4)CCOCC3)cc2)c(Cl)c1=O. The van der Waals surface area contributed by atoms with Gasteiger partial charge >= 0.3 is 0 Å². The molecule has 0 bridgehead atoms. The summed E-state index contributed by atoms with van der Waals surface area (Å²) in [4.78, 5) is 12.7. The van der Waals surface area contributed by atoms with Gasteiger partial charge in [0.05, 0.1) is 6.61 Å². The third kappa shape index (κ3) is 5.28. The topological polar surface area (TPSA) is 49.7 Å². The lowest BCUT2D eigenvalue weighted by atomic mass is 9.74. The van der Waals surface area contributed by atoms with Crippen LogP contribution >= 0.6 is 11.6 Å². The lowest BCUT2D eigenvalue weighted by molar-refractivity contribution is -0.176. The fraction of sp³-hybridized carbons (Fsp3) is 0.577. The molecule has 1 atom stereocenters. The van der Waals surface area contributed by atoms with E-state index in [0.29, 0.717) is 13.2 Å². The van der Waals surface area contributed by atoms with Crippen molar-refractivity contribution in [1.29, 1.82) is 0 Å². The van der Waals surface area contributed by atoms with Crippen LogP contribution in [0.1, 0.15) is 57.4 Å². The molecule has 6 heteroatoms. The van der Waals surface area contributed by atoms with E-state index in [9.17, 15) is 4.79 Å². The van der Waals surface area contributed by atoms with E-state index in [1.165, 1.54) is 5.56 Å². The largest absolute Gasteiger partial charge is 0.381 e. The molecule has 4 rings (SSSR count). The van der Waals surface area contributed by atoms with Crippen molar-refractivity contribution in [3.63, 3.8) is 0 Å². The van der Waals surface area contributed by atoms with Crippen LogP contribution in [-0.2, 0) is 26.2 Å². The molecule has 0 N–H and O–H groups in total. The molecule has 0 spiro atoms. The Kier molecular flexibility index (Phi) is 8.06. The fourth-order valence-corrected chi connectivity index (χ4v) is 4.93. The lowest BCUT2D eigenvalue weighted by Gasteiger charge is -2.39. The summed E-state index contributed by atoms with van der Waals surface area (Å²) < 4.78 is 19.4.